The van der Waals surface area contributed by atoms with Crippen LogP contribution in [0.5, 0.6) is 0 Å². The number of halogens is 2. The second-order valence-corrected chi connectivity index (χ2v) is 8.34. The molecule has 34 heavy (non-hydrogen) atoms. The summed E-state index contributed by atoms with van der Waals surface area (Å²) < 4.78 is 16.7. The van der Waals surface area contributed by atoms with Gasteiger partial charge in [-0.1, -0.05) is 35.9 Å². The number of carbonyl (C=O) groups excluding carboxylic acids is 1. The van der Waals surface area contributed by atoms with Gasteiger partial charge in [-0.15, -0.1) is 0 Å². The maximum absolute atomic E-state index is 13.4. The Hall–Kier alpha value is -4.04. The molecule has 0 fully saturated rings. The van der Waals surface area contributed by atoms with Gasteiger partial charge in [0.25, 0.3) is 0 Å². The highest BCUT2D eigenvalue weighted by atomic mass is 35.5. The van der Waals surface area contributed by atoms with Crippen LogP contribution in [0.15, 0.2) is 73.2 Å². The van der Waals surface area contributed by atoms with E-state index in [9.17, 15) is 9.18 Å². The number of anilines is 1. The van der Waals surface area contributed by atoms with Gasteiger partial charge in [0, 0.05) is 22.8 Å². The number of rotatable bonds is 6. The van der Waals surface area contributed by atoms with Crippen molar-refractivity contribution in [3.63, 3.8) is 0 Å². The molecule has 1 amide bonds. The summed E-state index contributed by atoms with van der Waals surface area (Å²) in [7, 11) is 0. The van der Waals surface area contributed by atoms with Crippen molar-refractivity contribution < 1.29 is 9.18 Å². The zero-order valence-corrected chi connectivity index (χ0v) is 19.0. The van der Waals surface area contributed by atoms with Crippen LogP contribution in [-0.4, -0.2) is 30.5 Å². The lowest BCUT2D eigenvalue weighted by atomic mass is 10.0. The van der Waals surface area contributed by atoms with E-state index < -0.39 is 0 Å². The van der Waals surface area contributed by atoms with Gasteiger partial charge in [-0.25, -0.2) is 14.1 Å². The highest BCUT2D eigenvalue weighted by molar-refractivity contribution is 6.30. The van der Waals surface area contributed by atoms with Crippen LogP contribution in [0.1, 0.15) is 11.3 Å². The van der Waals surface area contributed by atoms with Crippen molar-refractivity contribution >= 4 is 34.2 Å². The summed E-state index contributed by atoms with van der Waals surface area (Å²) in [5, 5.41) is 13.2. The summed E-state index contributed by atoms with van der Waals surface area (Å²) in [5.74, 6) is -0.543. The first-order valence-corrected chi connectivity index (χ1v) is 11.0. The maximum atomic E-state index is 13.4. The number of fused-ring (bicyclic) bond motifs is 1. The Labute approximate surface area is 199 Å². The summed E-state index contributed by atoms with van der Waals surface area (Å²) in [6.45, 7) is 2.42. The van der Waals surface area contributed by atoms with E-state index in [0.717, 1.165) is 27.8 Å². The lowest BCUT2D eigenvalue weighted by Crippen LogP contribution is -2.19. The van der Waals surface area contributed by atoms with Crippen LogP contribution in [0.4, 0.5) is 10.1 Å². The standard InChI is InChI=1S/C25H20ClFN6O/c1-16-24-22(18-4-8-20(27)9-5-18)10-11-28-25(24)33(31-16)15-23(34)30-21-12-29-32(14-21)13-17-2-6-19(26)7-3-17/h2-12,14H,13,15H2,1H3,(H,30,34). The third-order valence-corrected chi connectivity index (χ3v) is 5.68. The summed E-state index contributed by atoms with van der Waals surface area (Å²) >= 11 is 5.93. The molecule has 0 saturated heterocycles. The molecule has 3 aromatic heterocycles. The molecular weight excluding hydrogens is 455 g/mol. The molecule has 0 radical (unpaired) electrons. The van der Waals surface area contributed by atoms with Crippen LogP contribution >= 0.6 is 11.6 Å². The lowest BCUT2D eigenvalue weighted by molar-refractivity contribution is -0.116. The molecule has 9 heteroatoms. The molecule has 0 aliphatic heterocycles. The van der Waals surface area contributed by atoms with E-state index in [2.05, 4.69) is 20.5 Å². The highest BCUT2D eigenvalue weighted by Gasteiger charge is 2.16. The van der Waals surface area contributed by atoms with Crippen molar-refractivity contribution in [1.82, 2.24) is 24.5 Å². The summed E-state index contributed by atoms with van der Waals surface area (Å²) in [6.07, 6.45) is 5.03. The van der Waals surface area contributed by atoms with E-state index in [1.54, 1.807) is 40.1 Å². The van der Waals surface area contributed by atoms with E-state index in [4.69, 9.17) is 11.6 Å². The first-order chi connectivity index (χ1) is 16.5. The van der Waals surface area contributed by atoms with Gasteiger partial charge < -0.3 is 5.32 Å². The molecule has 0 bridgehead atoms. The molecule has 2 aromatic carbocycles. The van der Waals surface area contributed by atoms with Crippen LogP contribution in [0, 0.1) is 12.7 Å². The predicted octanol–water partition coefficient (Wildman–Crippen LogP) is 5.08. The monoisotopic (exact) mass is 474 g/mol. The quantitative estimate of drug-likeness (QED) is 0.372. The molecule has 0 unspecified atom stereocenters. The molecule has 170 valence electrons. The number of nitrogens with zero attached hydrogens (tertiary/aromatic N) is 5. The first-order valence-electron chi connectivity index (χ1n) is 10.6. The van der Waals surface area contributed by atoms with Crippen LogP contribution < -0.4 is 5.32 Å². The number of hydrogen-bond acceptors (Lipinski definition) is 4. The first kappa shape index (κ1) is 21.8. The van der Waals surface area contributed by atoms with Gasteiger partial charge in [0.1, 0.15) is 12.4 Å². The minimum atomic E-state index is -0.297. The molecular formula is C25H20ClFN6O. The summed E-state index contributed by atoms with van der Waals surface area (Å²) in [5.41, 5.74) is 4.71. The number of aryl methyl sites for hydroxylation is 1. The molecule has 5 aromatic rings. The Kier molecular flexibility index (Phi) is 5.81. The van der Waals surface area contributed by atoms with Gasteiger partial charge in [-0.3, -0.25) is 9.48 Å². The van der Waals surface area contributed by atoms with Crippen molar-refractivity contribution in [3.8, 4) is 11.1 Å². The number of carbonyl (C=O) groups is 1. The fourth-order valence-corrected chi connectivity index (χ4v) is 4.02. The van der Waals surface area contributed by atoms with E-state index in [1.165, 1.54) is 12.1 Å². The number of nitrogens with one attached hydrogen (secondary N) is 1. The SMILES string of the molecule is Cc1nn(CC(=O)Nc2cnn(Cc3ccc(Cl)cc3)c2)c2nccc(-c3ccc(F)cc3)c12. The zero-order valence-electron chi connectivity index (χ0n) is 18.2. The van der Waals surface area contributed by atoms with E-state index in [0.29, 0.717) is 22.9 Å². The van der Waals surface area contributed by atoms with Crippen LogP contribution in [-0.2, 0) is 17.9 Å². The molecule has 1 N–H and O–H groups in total. The Balaban J connectivity index is 1.32. The number of benzene rings is 2. The normalized spacial score (nSPS) is 11.1. The van der Waals surface area contributed by atoms with Crippen molar-refractivity contribution in [1.29, 1.82) is 0 Å². The minimum absolute atomic E-state index is 0.00737. The number of amides is 1. The topological polar surface area (TPSA) is 77.6 Å². The van der Waals surface area contributed by atoms with Gasteiger partial charge in [0.15, 0.2) is 5.65 Å². The Morgan fingerprint density at radius 3 is 2.62 bits per heavy atom. The smallest absolute Gasteiger partial charge is 0.246 e. The Morgan fingerprint density at radius 2 is 1.85 bits per heavy atom. The fraction of sp³-hybridized carbons (Fsp3) is 0.120. The summed E-state index contributed by atoms with van der Waals surface area (Å²) in [4.78, 5) is 17.2. The van der Waals surface area contributed by atoms with E-state index in [1.807, 2.05) is 37.3 Å². The number of aromatic nitrogens is 5. The number of hydrogen-bond donors (Lipinski definition) is 1. The molecule has 0 aliphatic rings. The van der Waals surface area contributed by atoms with Gasteiger partial charge in [-0.05, 0) is 53.9 Å². The van der Waals surface area contributed by atoms with Crippen molar-refractivity contribution in [3.05, 3.63) is 95.3 Å². The third kappa shape index (κ3) is 4.53. The Morgan fingerprint density at radius 1 is 1.09 bits per heavy atom. The molecule has 7 nitrogen and oxygen atoms in total. The second kappa shape index (κ2) is 9.07. The zero-order chi connectivity index (χ0) is 23.7. The average molecular weight is 475 g/mol. The van der Waals surface area contributed by atoms with Crippen LogP contribution in [0.3, 0.4) is 0 Å². The summed E-state index contributed by atoms with van der Waals surface area (Å²) in [6, 6.07) is 15.7. The van der Waals surface area contributed by atoms with Crippen LogP contribution in [0.2, 0.25) is 5.02 Å². The fourth-order valence-electron chi connectivity index (χ4n) is 3.89. The Bertz CT molecular complexity index is 1470. The largest absolute Gasteiger partial charge is 0.322 e. The van der Waals surface area contributed by atoms with Crippen LogP contribution in [0.25, 0.3) is 22.2 Å². The number of pyridine rings is 1. The van der Waals surface area contributed by atoms with Gasteiger partial charge in [0.05, 0.1) is 24.1 Å². The van der Waals surface area contributed by atoms with E-state index >= 15 is 0 Å². The third-order valence-electron chi connectivity index (χ3n) is 5.43. The minimum Gasteiger partial charge on any atom is -0.322 e. The molecule has 0 aliphatic carbocycles. The van der Waals surface area contributed by atoms with Crippen molar-refractivity contribution in [2.45, 2.75) is 20.0 Å². The molecule has 0 atom stereocenters. The van der Waals surface area contributed by atoms with Gasteiger partial charge >= 0.3 is 0 Å². The molecule has 5 rings (SSSR count). The van der Waals surface area contributed by atoms with Gasteiger partial charge in [0.2, 0.25) is 5.91 Å². The maximum Gasteiger partial charge on any atom is 0.246 e. The molecule has 0 spiro atoms. The highest BCUT2D eigenvalue weighted by Crippen LogP contribution is 2.30. The lowest BCUT2D eigenvalue weighted by Gasteiger charge is -2.06. The molecule has 3 heterocycles. The van der Waals surface area contributed by atoms with Crippen molar-refractivity contribution in [2.75, 3.05) is 5.32 Å². The van der Waals surface area contributed by atoms with E-state index in [-0.39, 0.29) is 18.3 Å². The second-order valence-electron chi connectivity index (χ2n) is 7.91. The van der Waals surface area contributed by atoms with Gasteiger partial charge in [-0.2, -0.15) is 10.2 Å². The van der Waals surface area contributed by atoms with Crippen molar-refractivity contribution in [2.24, 2.45) is 0 Å². The predicted molar refractivity (Wildman–Crippen MR) is 129 cm³/mol. The average Bonchev–Trinajstić information content (AvgIpc) is 3.39. The molecule has 0 saturated carbocycles.